The molecule has 2 aliphatic rings. The molecule has 0 spiro atoms. The van der Waals surface area contributed by atoms with Crippen molar-refractivity contribution in [2.45, 2.75) is 50.4 Å². The fourth-order valence-corrected chi connectivity index (χ4v) is 5.48. The minimum absolute atomic E-state index is 0. The van der Waals surface area contributed by atoms with Crippen molar-refractivity contribution in [1.29, 1.82) is 0 Å². The molecule has 4 nitrogen and oxygen atoms in total. The number of fused-ring (bicyclic) bond motifs is 2. The Morgan fingerprint density at radius 2 is 1.82 bits per heavy atom. The number of quaternary nitrogens is 1. The Morgan fingerprint density at radius 1 is 1.18 bits per heavy atom. The Bertz CT molecular complexity index is 779. The lowest BCUT2D eigenvalue weighted by atomic mass is 9.98. The fraction of sp³-hybridized carbons (Fsp3) is 0.476. The van der Waals surface area contributed by atoms with E-state index in [4.69, 9.17) is 4.74 Å². The summed E-state index contributed by atoms with van der Waals surface area (Å²) in [6.45, 7) is 0.518. The Balaban J connectivity index is 0.00000225. The number of rotatable bonds is 4. The number of nitrogens with zero attached hydrogens (tertiary/aromatic N) is 2. The molecule has 7 heteroatoms. The number of hydrogen-bond acceptors (Lipinski definition) is 3. The van der Waals surface area contributed by atoms with Gasteiger partial charge in [-0.2, -0.15) is 11.3 Å². The van der Waals surface area contributed by atoms with Gasteiger partial charge in [0.15, 0.2) is 0 Å². The molecule has 2 bridgehead atoms. The van der Waals surface area contributed by atoms with Gasteiger partial charge in [0.25, 0.3) is 0 Å². The third-order valence-corrected chi connectivity index (χ3v) is 7.54. The normalized spacial score (nSPS) is 25.0. The summed E-state index contributed by atoms with van der Waals surface area (Å²) in [6.07, 6.45) is 4.26. The summed E-state index contributed by atoms with van der Waals surface area (Å²) in [5, 5.41) is 4.00. The predicted molar refractivity (Wildman–Crippen MR) is 113 cm³/mol. The minimum atomic E-state index is -0.229. The molecule has 2 aromatic rings. The number of piperidine rings is 1. The van der Waals surface area contributed by atoms with Crippen molar-refractivity contribution in [2.24, 2.45) is 0 Å². The van der Waals surface area contributed by atoms with Crippen LogP contribution >= 0.6 is 27.3 Å². The number of amides is 1. The second-order valence-corrected chi connectivity index (χ2v) is 9.88. The minimum Gasteiger partial charge on any atom is -1.00 e. The average molecular weight is 530 g/mol. The SMILES string of the molecule is C[N+]1(C)[C@@H]2CC[C@H]1C[C@@H](OC(=O)N(Cc1ccc(Br)cc1)c1ccsc1)C2.[Br-]. The third kappa shape index (κ3) is 4.48. The Morgan fingerprint density at radius 3 is 2.39 bits per heavy atom. The van der Waals surface area contributed by atoms with E-state index >= 15 is 0 Å². The molecule has 0 N–H and O–H groups in total. The van der Waals surface area contributed by atoms with Crippen LogP contribution in [0.25, 0.3) is 0 Å². The fourth-order valence-electron chi connectivity index (χ4n) is 4.58. The van der Waals surface area contributed by atoms with Crippen LogP contribution in [0.15, 0.2) is 45.6 Å². The van der Waals surface area contributed by atoms with Crippen LogP contribution in [0.5, 0.6) is 0 Å². The van der Waals surface area contributed by atoms with E-state index < -0.39 is 0 Å². The largest absolute Gasteiger partial charge is 1.00 e. The summed E-state index contributed by atoms with van der Waals surface area (Å²) < 4.78 is 8.14. The summed E-state index contributed by atoms with van der Waals surface area (Å²) in [7, 11) is 4.65. The predicted octanol–water partition coefficient (Wildman–Crippen LogP) is 2.43. The molecule has 3 atom stereocenters. The van der Waals surface area contributed by atoms with E-state index in [9.17, 15) is 4.79 Å². The highest BCUT2D eigenvalue weighted by Crippen LogP contribution is 2.40. The number of anilines is 1. The lowest BCUT2D eigenvalue weighted by molar-refractivity contribution is -0.931. The highest BCUT2D eigenvalue weighted by atomic mass is 79.9. The third-order valence-electron chi connectivity index (χ3n) is 6.34. The second kappa shape index (κ2) is 8.86. The molecule has 3 heterocycles. The van der Waals surface area contributed by atoms with Gasteiger partial charge in [0.2, 0.25) is 0 Å². The molecule has 4 rings (SSSR count). The van der Waals surface area contributed by atoms with Gasteiger partial charge in [-0.15, -0.1) is 0 Å². The summed E-state index contributed by atoms with van der Waals surface area (Å²) in [5.41, 5.74) is 1.99. The van der Waals surface area contributed by atoms with E-state index in [0.717, 1.165) is 33.0 Å². The highest BCUT2D eigenvalue weighted by molar-refractivity contribution is 9.10. The van der Waals surface area contributed by atoms with Gasteiger partial charge >= 0.3 is 6.09 Å². The van der Waals surface area contributed by atoms with Gasteiger partial charge in [-0.25, -0.2) is 4.79 Å². The Hall–Kier alpha value is -0.890. The molecule has 1 amide bonds. The van der Waals surface area contributed by atoms with E-state index in [2.05, 4.69) is 30.0 Å². The van der Waals surface area contributed by atoms with Gasteiger partial charge in [0, 0.05) is 35.5 Å². The molecular formula is C21H26Br2N2O2S. The van der Waals surface area contributed by atoms with Crippen molar-refractivity contribution in [1.82, 2.24) is 0 Å². The molecule has 2 fully saturated rings. The standard InChI is InChI=1S/C21H26BrN2O2S.BrH/c1-24(2)18-7-8-19(24)12-20(11-18)26-21(25)23(17-9-10-27-14-17)13-15-3-5-16(22)6-4-15;/h3-6,9-10,14,18-20H,7-8,11-13H2,1-2H3;1H/q+1;/p-1/t18-,19+,20+;. The van der Waals surface area contributed by atoms with Crippen molar-refractivity contribution < 1.29 is 31.0 Å². The smallest absolute Gasteiger partial charge is 0.414 e. The van der Waals surface area contributed by atoms with Crippen LogP contribution in [0.1, 0.15) is 31.2 Å². The summed E-state index contributed by atoms with van der Waals surface area (Å²) in [5.74, 6) is 0. The maximum atomic E-state index is 13.1. The van der Waals surface area contributed by atoms with Crippen LogP contribution in [0.3, 0.4) is 0 Å². The molecule has 0 unspecified atom stereocenters. The molecule has 0 saturated carbocycles. The first-order chi connectivity index (χ1) is 12.9. The van der Waals surface area contributed by atoms with E-state index in [1.54, 1.807) is 16.2 Å². The molecule has 152 valence electrons. The molecule has 0 radical (unpaired) electrons. The van der Waals surface area contributed by atoms with Crippen LogP contribution in [0.2, 0.25) is 0 Å². The number of hydrogen-bond donors (Lipinski definition) is 0. The van der Waals surface area contributed by atoms with Gasteiger partial charge < -0.3 is 26.2 Å². The molecule has 1 aromatic carbocycles. The molecule has 28 heavy (non-hydrogen) atoms. The summed E-state index contributed by atoms with van der Waals surface area (Å²) in [4.78, 5) is 14.8. The number of carbonyl (C=O) groups is 1. The second-order valence-electron chi connectivity index (χ2n) is 8.19. The topological polar surface area (TPSA) is 29.5 Å². The van der Waals surface area contributed by atoms with E-state index in [1.165, 1.54) is 12.8 Å². The van der Waals surface area contributed by atoms with Crippen molar-refractivity contribution in [3.05, 3.63) is 51.1 Å². The molecule has 0 aliphatic carbocycles. The van der Waals surface area contributed by atoms with Gasteiger partial charge in [-0.05, 0) is 29.1 Å². The van der Waals surface area contributed by atoms with Crippen LogP contribution in [-0.2, 0) is 11.3 Å². The first-order valence-corrected chi connectivity index (χ1v) is 11.2. The quantitative estimate of drug-likeness (QED) is 0.569. The van der Waals surface area contributed by atoms with Crippen molar-refractivity contribution in [3.63, 3.8) is 0 Å². The lowest BCUT2D eigenvalue weighted by Gasteiger charge is -2.44. The lowest BCUT2D eigenvalue weighted by Crippen LogP contribution is -3.00. The average Bonchev–Trinajstić information content (AvgIpc) is 3.17. The number of carbonyl (C=O) groups excluding carboxylic acids is 1. The van der Waals surface area contributed by atoms with Gasteiger partial charge in [-0.3, -0.25) is 4.90 Å². The van der Waals surface area contributed by atoms with Crippen molar-refractivity contribution >= 4 is 39.0 Å². The Kier molecular flexibility index (Phi) is 6.90. The van der Waals surface area contributed by atoms with Gasteiger partial charge in [0.05, 0.1) is 38.4 Å². The van der Waals surface area contributed by atoms with Crippen LogP contribution < -0.4 is 21.9 Å². The number of ether oxygens (including phenoxy) is 1. The Labute approximate surface area is 190 Å². The molecule has 2 aliphatic heterocycles. The maximum absolute atomic E-state index is 13.1. The number of benzene rings is 1. The first-order valence-electron chi connectivity index (χ1n) is 9.51. The molecule has 1 aromatic heterocycles. The van der Waals surface area contributed by atoms with E-state index in [-0.39, 0.29) is 29.2 Å². The van der Waals surface area contributed by atoms with Crippen molar-refractivity contribution in [3.8, 4) is 0 Å². The zero-order valence-electron chi connectivity index (χ0n) is 16.2. The summed E-state index contributed by atoms with van der Waals surface area (Å²) in [6, 6.07) is 11.3. The van der Waals surface area contributed by atoms with Crippen LogP contribution in [0, 0.1) is 0 Å². The van der Waals surface area contributed by atoms with Crippen LogP contribution in [-0.4, -0.2) is 42.9 Å². The molecule has 2 saturated heterocycles. The number of thiophene rings is 1. The van der Waals surface area contributed by atoms with Crippen molar-refractivity contribution in [2.75, 3.05) is 19.0 Å². The van der Waals surface area contributed by atoms with Gasteiger partial charge in [-0.1, -0.05) is 28.1 Å². The van der Waals surface area contributed by atoms with E-state index in [0.29, 0.717) is 18.6 Å². The van der Waals surface area contributed by atoms with Crippen LogP contribution in [0.4, 0.5) is 10.5 Å². The first kappa shape index (κ1) is 21.8. The molecular weight excluding hydrogens is 504 g/mol. The van der Waals surface area contributed by atoms with E-state index in [1.807, 2.05) is 41.1 Å². The maximum Gasteiger partial charge on any atom is 0.414 e. The zero-order valence-corrected chi connectivity index (χ0v) is 20.2. The zero-order chi connectivity index (χ0) is 19.0. The van der Waals surface area contributed by atoms with Gasteiger partial charge in [0.1, 0.15) is 6.10 Å². The monoisotopic (exact) mass is 528 g/mol. The summed E-state index contributed by atoms with van der Waals surface area (Å²) >= 11 is 5.06. The highest BCUT2D eigenvalue weighted by Gasteiger charge is 2.50. The number of halogens is 2.